The number of aliphatic hydroxyl groups excluding tert-OH is 1. The van der Waals surface area contributed by atoms with Gasteiger partial charge >= 0.3 is 0 Å². The number of likely N-dealkylation sites (N-methyl/N-ethyl adjacent to an activating group) is 1. The number of rotatable bonds is 7. The summed E-state index contributed by atoms with van der Waals surface area (Å²) in [4.78, 5) is 4.87. The number of ether oxygens (including phenoxy) is 1. The second-order valence-corrected chi connectivity index (χ2v) is 9.32. The van der Waals surface area contributed by atoms with Crippen LogP contribution in [0.2, 0.25) is 0 Å². The van der Waals surface area contributed by atoms with Gasteiger partial charge in [-0.1, -0.05) is 6.92 Å². The van der Waals surface area contributed by atoms with Gasteiger partial charge in [-0.25, -0.2) is 0 Å². The molecule has 24 heavy (non-hydrogen) atoms. The van der Waals surface area contributed by atoms with Crippen LogP contribution in [0.15, 0.2) is 0 Å². The van der Waals surface area contributed by atoms with Crippen LogP contribution in [0.5, 0.6) is 0 Å². The lowest BCUT2D eigenvalue weighted by Gasteiger charge is -2.56. The third kappa shape index (κ3) is 3.82. The van der Waals surface area contributed by atoms with Crippen LogP contribution in [0, 0.1) is 23.2 Å². The van der Waals surface area contributed by atoms with E-state index in [-0.39, 0.29) is 6.10 Å². The van der Waals surface area contributed by atoms with Crippen molar-refractivity contribution in [3.8, 4) is 0 Å². The highest BCUT2D eigenvalue weighted by atomic mass is 16.5. The average molecular weight is 337 g/mol. The molecule has 5 fully saturated rings. The molecule has 4 heteroatoms. The number of aliphatic hydroxyl groups is 1. The molecule has 1 heterocycles. The number of piperazine rings is 1. The standard InChI is InChI=1S/C20H36N2O2/c1-2-21-3-5-22(6-4-21)13-19(23)14-24-15-20-10-16-7-17(11-20)9-18(8-16)12-20/h16-19,23H,2-15H2,1H3/t16?,17?,18?,19-,20?/m0/s1. The van der Waals surface area contributed by atoms with Crippen molar-refractivity contribution in [3.63, 3.8) is 0 Å². The maximum Gasteiger partial charge on any atom is 0.0900 e. The first-order chi connectivity index (χ1) is 11.6. The molecule has 4 saturated carbocycles. The van der Waals surface area contributed by atoms with E-state index >= 15 is 0 Å². The molecule has 1 saturated heterocycles. The zero-order valence-electron chi connectivity index (χ0n) is 15.5. The van der Waals surface area contributed by atoms with Crippen LogP contribution in [0.3, 0.4) is 0 Å². The van der Waals surface area contributed by atoms with Crippen LogP contribution in [0.25, 0.3) is 0 Å². The summed E-state index contributed by atoms with van der Waals surface area (Å²) < 4.78 is 6.08. The highest BCUT2D eigenvalue weighted by Gasteiger charge is 2.50. The third-order valence-electron chi connectivity index (χ3n) is 7.26. The molecule has 0 radical (unpaired) electrons. The van der Waals surface area contributed by atoms with Crippen molar-refractivity contribution in [2.75, 3.05) is 52.5 Å². The van der Waals surface area contributed by atoms with E-state index in [1.807, 2.05) is 0 Å². The van der Waals surface area contributed by atoms with Crippen molar-refractivity contribution in [3.05, 3.63) is 0 Å². The van der Waals surface area contributed by atoms with Crippen molar-refractivity contribution < 1.29 is 9.84 Å². The number of hydrogen-bond donors (Lipinski definition) is 1. The van der Waals surface area contributed by atoms with Gasteiger partial charge in [0.05, 0.1) is 19.3 Å². The minimum atomic E-state index is -0.327. The van der Waals surface area contributed by atoms with Gasteiger partial charge in [0, 0.05) is 32.7 Å². The molecule has 4 bridgehead atoms. The van der Waals surface area contributed by atoms with E-state index in [1.165, 1.54) is 38.5 Å². The topological polar surface area (TPSA) is 35.9 Å². The fraction of sp³-hybridized carbons (Fsp3) is 1.00. The molecule has 5 aliphatic rings. The number of nitrogens with zero attached hydrogens (tertiary/aromatic N) is 2. The third-order valence-corrected chi connectivity index (χ3v) is 7.26. The van der Waals surface area contributed by atoms with Gasteiger partial charge < -0.3 is 14.7 Å². The fourth-order valence-electron chi connectivity index (χ4n) is 6.52. The molecule has 4 aliphatic carbocycles. The van der Waals surface area contributed by atoms with E-state index < -0.39 is 0 Å². The van der Waals surface area contributed by atoms with Gasteiger partial charge in [0.1, 0.15) is 0 Å². The van der Waals surface area contributed by atoms with Crippen molar-refractivity contribution in [1.82, 2.24) is 9.80 Å². The molecule has 5 rings (SSSR count). The Kier molecular flexibility index (Phi) is 5.19. The lowest BCUT2D eigenvalue weighted by atomic mass is 9.50. The summed E-state index contributed by atoms with van der Waals surface area (Å²) in [5.41, 5.74) is 0.473. The van der Waals surface area contributed by atoms with Crippen LogP contribution in [0.4, 0.5) is 0 Å². The summed E-state index contributed by atoms with van der Waals surface area (Å²) in [6.07, 6.45) is 8.34. The fourth-order valence-corrected chi connectivity index (χ4v) is 6.52. The first-order valence-corrected chi connectivity index (χ1v) is 10.3. The largest absolute Gasteiger partial charge is 0.389 e. The summed E-state index contributed by atoms with van der Waals surface area (Å²) in [6.45, 7) is 10.0. The molecule has 0 amide bonds. The summed E-state index contributed by atoms with van der Waals surface area (Å²) in [7, 11) is 0. The van der Waals surface area contributed by atoms with Crippen LogP contribution in [-0.4, -0.2) is 73.5 Å². The minimum Gasteiger partial charge on any atom is -0.389 e. The highest BCUT2D eigenvalue weighted by molar-refractivity contribution is 5.01. The Hall–Kier alpha value is -0.160. The van der Waals surface area contributed by atoms with Gasteiger partial charge in [-0.2, -0.15) is 0 Å². The van der Waals surface area contributed by atoms with Gasteiger partial charge in [-0.15, -0.1) is 0 Å². The Bertz CT molecular complexity index is 385. The molecule has 1 N–H and O–H groups in total. The first-order valence-electron chi connectivity index (χ1n) is 10.3. The molecule has 0 aromatic carbocycles. The second kappa shape index (κ2) is 7.22. The molecule has 0 aromatic rings. The van der Waals surface area contributed by atoms with Gasteiger partial charge in [0.2, 0.25) is 0 Å². The molecule has 4 nitrogen and oxygen atoms in total. The normalized spacial score (nSPS) is 41.0. The summed E-state index contributed by atoms with van der Waals surface area (Å²) in [5.74, 6) is 2.96. The summed E-state index contributed by atoms with van der Waals surface area (Å²) >= 11 is 0. The van der Waals surface area contributed by atoms with E-state index in [4.69, 9.17) is 4.74 Å². The Labute approximate surface area is 147 Å². The van der Waals surface area contributed by atoms with Gasteiger partial charge in [-0.3, -0.25) is 4.90 Å². The van der Waals surface area contributed by atoms with Crippen LogP contribution < -0.4 is 0 Å². The van der Waals surface area contributed by atoms with E-state index in [0.29, 0.717) is 12.0 Å². The van der Waals surface area contributed by atoms with E-state index in [0.717, 1.165) is 63.6 Å². The zero-order chi connectivity index (χ0) is 16.6. The first kappa shape index (κ1) is 17.3. The predicted molar refractivity (Wildman–Crippen MR) is 96.0 cm³/mol. The maximum atomic E-state index is 10.4. The van der Waals surface area contributed by atoms with Crippen LogP contribution in [-0.2, 0) is 4.74 Å². The molecule has 138 valence electrons. The van der Waals surface area contributed by atoms with Gasteiger partial charge in [0.15, 0.2) is 0 Å². The summed E-state index contributed by atoms with van der Waals surface area (Å²) in [5, 5.41) is 10.4. The van der Waals surface area contributed by atoms with Crippen LogP contribution in [0.1, 0.15) is 45.4 Å². The maximum absolute atomic E-state index is 10.4. The second-order valence-electron chi connectivity index (χ2n) is 9.32. The lowest BCUT2D eigenvalue weighted by Crippen LogP contribution is -2.49. The minimum absolute atomic E-state index is 0.327. The smallest absolute Gasteiger partial charge is 0.0900 e. The molecule has 0 unspecified atom stereocenters. The van der Waals surface area contributed by atoms with Gasteiger partial charge in [0.25, 0.3) is 0 Å². The molecule has 1 aliphatic heterocycles. The van der Waals surface area contributed by atoms with Crippen molar-refractivity contribution in [2.24, 2.45) is 23.2 Å². The van der Waals surface area contributed by atoms with Crippen molar-refractivity contribution in [1.29, 1.82) is 0 Å². The SMILES string of the molecule is CCN1CCN(C[C@H](O)COCC23CC4CC(CC(C4)C2)C3)CC1. The molecular weight excluding hydrogens is 300 g/mol. The number of β-amino-alcohol motifs (C(OH)–C–C–N with tert-alkyl or cyclic N) is 1. The molecule has 0 aromatic heterocycles. The highest BCUT2D eigenvalue weighted by Crippen LogP contribution is 2.60. The zero-order valence-corrected chi connectivity index (χ0v) is 15.5. The van der Waals surface area contributed by atoms with Gasteiger partial charge in [-0.05, 0) is 68.2 Å². The van der Waals surface area contributed by atoms with Crippen LogP contribution >= 0.6 is 0 Å². The quantitative estimate of drug-likeness (QED) is 0.773. The Balaban J connectivity index is 1.18. The van der Waals surface area contributed by atoms with E-state index in [9.17, 15) is 5.11 Å². The van der Waals surface area contributed by atoms with E-state index in [1.54, 1.807) is 0 Å². The monoisotopic (exact) mass is 336 g/mol. The molecule has 1 atom stereocenters. The van der Waals surface area contributed by atoms with E-state index in [2.05, 4.69) is 16.7 Å². The van der Waals surface area contributed by atoms with Crippen molar-refractivity contribution >= 4 is 0 Å². The number of hydrogen-bond acceptors (Lipinski definition) is 4. The average Bonchev–Trinajstić information content (AvgIpc) is 2.54. The lowest BCUT2D eigenvalue weighted by molar-refractivity contribution is -0.107. The Morgan fingerprint density at radius 1 is 0.958 bits per heavy atom. The molecular formula is C20H36N2O2. The predicted octanol–water partition coefficient (Wildman–Crippen LogP) is 2.22. The Morgan fingerprint density at radius 2 is 1.50 bits per heavy atom. The molecule has 0 spiro atoms. The summed E-state index contributed by atoms with van der Waals surface area (Å²) in [6, 6.07) is 0. The van der Waals surface area contributed by atoms with Crippen molar-refractivity contribution in [2.45, 2.75) is 51.6 Å². The Morgan fingerprint density at radius 3 is 2.04 bits per heavy atom.